The summed E-state index contributed by atoms with van der Waals surface area (Å²) in [6.07, 6.45) is 1.60. The molecule has 1 N–H and O–H groups in total. The van der Waals surface area contributed by atoms with Crippen molar-refractivity contribution < 1.29 is 13.5 Å². The number of sulfonamides is 1. The normalized spacial score (nSPS) is 15.5. The van der Waals surface area contributed by atoms with Crippen LogP contribution in [-0.4, -0.2) is 24.2 Å². The highest BCUT2D eigenvalue weighted by Crippen LogP contribution is 2.34. The second-order valence-corrected chi connectivity index (χ2v) is 6.53. The van der Waals surface area contributed by atoms with Crippen LogP contribution in [0.4, 0.5) is 0 Å². The van der Waals surface area contributed by atoms with Gasteiger partial charge in [-0.25, -0.2) is 4.98 Å². The molecule has 2 heterocycles. The first-order valence-electron chi connectivity index (χ1n) is 6.59. The lowest BCUT2D eigenvalue weighted by Crippen LogP contribution is -2.04. The minimum atomic E-state index is -3.74. The molecule has 4 rings (SSSR count). The maximum atomic E-state index is 12.1. The number of rotatable bonds is 1. The molecule has 0 atom stereocenters. The third-order valence-corrected chi connectivity index (χ3v) is 4.96. The number of fused-ring (bicyclic) bond motifs is 2. The van der Waals surface area contributed by atoms with E-state index in [0.717, 1.165) is 5.39 Å². The lowest BCUT2D eigenvalue weighted by Gasteiger charge is -2.07. The molecule has 0 fully saturated rings. The first kappa shape index (κ1) is 13.0. The number of nitrogens with zero attached hydrogens (tertiary/aromatic N) is 2. The van der Waals surface area contributed by atoms with Gasteiger partial charge in [0.1, 0.15) is 11.4 Å². The number of pyridine rings is 1. The van der Waals surface area contributed by atoms with Crippen molar-refractivity contribution in [1.29, 1.82) is 0 Å². The topological polar surface area (TPSA) is 79.6 Å². The van der Waals surface area contributed by atoms with E-state index in [1.54, 1.807) is 36.5 Å². The van der Waals surface area contributed by atoms with Crippen molar-refractivity contribution in [3.8, 4) is 5.75 Å². The molecule has 108 valence electrons. The zero-order valence-electron chi connectivity index (χ0n) is 11.3. The first-order valence-corrected chi connectivity index (χ1v) is 8.03. The monoisotopic (exact) mass is 310 g/mol. The summed E-state index contributed by atoms with van der Waals surface area (Å²) >= 11 is 0. The molecule has 0 bridgehead atoms. The highest BCUT2D eigenvalue weighted by molar-refractivity contribution is 7.90. The molecule has 0 radical (unpaired) electrons. The Hall–Kier alpha value is -2.73. The summed E-state index contributed by atoms with van der Waals surface area (Å²) in [6, 6.07) is 13.8. The number of benzene rings is 2. The van der Waals surface area contributed by atoms with Gasteiger partial charge in [-0.3, -0.25) is 0 Å². The maximum Gasteiger partial charge on any atom is 0.283 e. The predicted octanol–water partition coefficient (Wildman–Crippen LogP) is 2.48. The standard InChI is InChI=1S/C16H10N2O3S/c19-16-11-6-2-1-5-10(11)9-17-15(16)14-12-7-3-4-8-13(12)22(20,21)18-14/h1-9,19H. The van der Waals surface area contributed by atoms with E-state index in [4.69, 9.17) is 0 Å². The molecule has 1 aliphatic rings. The van der Waals surface area contributed by atoms with Gasteiger partial charge in [0, 0.05) is 22.5 Å². The molecule has 1 aromatic heterocycles. The molecule has 1 aliphatic heterocycles. The Morgan fingerprint density at radius 2 is 1.68 bits per heavy atom. The van der Waals surface area contributed by atoms with Gasteiger partial charge in [-0.05, 0) is 6.07 Å². The summed E-state index contributed by atoms with van der Waals surface area (Å²) in [5.74, 6) is -0.0660. The zero-order valence-corrected chi connectivity index (χ0v) is 12.1. The first-order chi connectivity index (χ1) is 10.6. The summed E-state index contributed by atoms with van der Waals surface area (Å²) in [5.41, 5.74) is 0.812. The van der Waals surface area contributed by atoms with Crippen LogP contribution in [0, 0.1) is 0 Å². The number of aromatic hydroxyl groups is 1. The molecule has 6 heteroatoms. The molecule has 2 aromatic carbocycles. The fourth-order valence-corrected chi connectivity index (χ4v) is 3.81. The zero-order chi connectivity index (χ0) is 15.3. The van der Waals surface area contributed by atoms with Gasteiger partial charge < -0.3 is 5.11 Å². The number of aromatic nitrogens is 1. The Balaban J connectivity index is 2.03. The van der Waals surface area contributed by atoms with Crippen LogP contribution in [0.15, 0.2) is 64.0 Å². The number of hydrogen-bond donors (Lipinski definition) is 1. The van der Waals surface area contributed by atoms with Crippen molar-refractivity contribution in [2.24, 2.45) is 4.40 Å². The molecular formula is C16H10N2O3S. The molecule has 0 saturated heterocycles. The van der Waals surface area contributed by atoms with Crippen LogP contribution in [0.25, 0.3) is 10.8 Å². The van der Waals surface area contributed by atoms with E-state index in [1.165, 1.54) is 6.07 Å². The summed E-state index contributed by atoms with van der Waals surface area (Å²) in [7, 11) is -3.74. The largest absolute Gasteiger partial charge is 0.505 e. The van der Waals surface area contributed by atoms with Gasteiger partial charge in [-0.2, -0.15) is 12.8 Å². The van der Waals surface area contributed by atoms with E-state index in [1.807, 2.05) is 12.1 Å². The van der Waals surface area contributed by atoms with E-state index < -0.39 is 10.0 Å². The van der Waals surface area contributed by atoms with Crippen LogP contribution in [0.2, 0.25) is 0 Å². The second-order valence-electron chi connectivity index (χ2n) is 4.95. The van der Waals surface area contributed by atoms with Gasteiger partial charge in [0.05, 0.1) is 4.90 Å². The molecule has 0 aliphatic carbocycles. The van der Waals surface area contributed by atoms with E-state index in [0.29, 0.717) is 10.9 Å². The summed E-state index contributed by atoms with van der Waals surface area (Å²) < 4.78 is 28.0. The van der Waals surface area contributed by atoms with E-state index in [2.05, 4.69) is 9.38 Å². The van der Waals surface area contributed by atoms with E-state index >= 15 is 0 Å². The van der Waals surface area contributed by atoms with E-state index in [9.17, 15) is 13.5 Å². The van der Waals surface area contributed by atoms with Gasteiger partial charge >= 0.3 is 0 Å². The van der Waals surface area contributed by atoms with Gasteiger partial charge in [0.25, 0.3) is 10.0 Å². The fraction of sp³-hybridized carbons (Fsp3) is 0. The molecule has 0 spiro atoms. The molecule has 3 aromatic rings. The summed E-state index contributed by atoms with van der Waals surface area (Å²) in [6.45, 7) is 0. The number of hydrogen-bond acceptors (Lipinski definition) is 4. The summed E-state index contributed by atoms with van der Waals surface area (Å²) in [4.78, 5) is 4.35. The van der Waals surface area contributed by atoms with Crippen molar-refractivity contribution in [2.75, 3.05) is 0 Å². The highest BCUT2D eigenvalue weighted by Gasteiger charge is 2.31. The van der Waals surface area contributed by atoms with Gasteiger partial charge in [0.15, 0.2) is 5.75 Å². The van der Waals surface area contributed by atoms with Gasteiger partial charge in [-0.15, -0.1) is 0 Å². The minimum absolute atomic E-state index is 0.0660. The third kappa shape index (κ3) is 1.74. The van der Waals surface area contributed by atoms with Crippen LogP contribution in [0.1, 0.15) is 11.3 Å². The maximum absolute atomic E-state index is 12.1. The average Bonchev–Trinajstić information content (AvgIpc) is 2.80. The van der Waals surface area contributed by atoms with Gasteiger partial charge in [-0.1, -0.05) is 42.5 Å². The Morgan fingerprint density at radius 1 is 0.955 bits per heavy atom. The smallest absolute Gasteiger partial charge is 0.283 e. The van der Waals surface area contributed by atoms with Crippen LogP contribution in [-0.2, 0) is 10.0 Å². The van der Waals surface area contributed by atoms with Crippen molar-refractivity contribution in [2.45, 2.75) is 4.90 Å². The quantitative estimate of drug-likeness (QED) is 0.749. The molecule has 5 nitrogen and oxygen atoms in total. The van der Waals surface area contributed by atoms with Crippen LogP contribution < -0.4 is 0 Å². The predicted molar refractivity (Wildman–Crippen MR) is 82.7 cm³/mol. The van der Waals surface area contributed by atoms with Crippen LogP contribution in [0.5, 0.6) is 5.75 Å². The Labute approximate surface area is 126 Å². The Bertz CT molecular complexity index is 1060. The van der Waals surface area contributed by atoms with Gasteiger partial charge in [0.2, 0.25) is 0 Å². The molecule has 0 amide bonds. The lowest BCUT2D eigenvalue weighted by atomic mass is 10.0. The second kappa shape index (κ2) is 4.38. The molecule has 0 unspecified atom stereocenters. The van der Waals surface area contributed by atoms with Crippen LogP contribution in [0.3, 0.4) is 0 Å². The van der Waals surface area contributed by atoms with Crippen molar-refractivity contribution in [3.63, 3.8) is 0 Å². The Kier molecular flexibility index (Phi) is 2.58. The molecular weight excluding hydrogens is 300 g/mol. The van der Waals surface area contributed by atoms with Crippen molar-refractivity contribution in [3.05, 3.63) is 66.0 Å². The summed E-state index contributed by atoms with van der Waals surface area (Å²) in [5, 5.41) is 11.9. The van der Waals surface area contributed by atoms with Crippen molar-refractivity contribution in [1.82, 2.24) is 4.98 Å². The average molecular weight is 310 g/mol. The minimum Gasteiger partial charge on any atom is -0.505 e. The lowest BCUT2D eigenvalue weighted by molar-refractivity contribution is 0.478. The third-order valence-electron chi connectivity index (χ3n) is 3.63. The van der Waals surface area contributed by atoms with Crippen LogP contribution >= 0.6 is 0 Å². The SMILES string of the molecule is O=S1(=O)N=C(c2ncc3ccccc3c2O)c2ccccc21. The molecule has 22 heavy (non-hydrogen) atoms. The molecule has 0 saturated carbocycles. The Morgan fingerprint density at radius 3 is 2.55 bits per heavy atom. The fourth-order valence-electron chi connectivity index (χ4n) is 2.60. The van der Waals surface area contributed by atoms with E-state index in [-0.39, 0.29) is 22.1 Å². The van der Waals surface area contributed by atoms with Crippen molar-refractivity contribution >= 4 is 26.5 Å². The highest BCUT2D eigenvalue weighted by atomic mass is 32.2.